The highest BCUT2D eigenvalue weighted by molar-refractivity contribution is 6.04. The smallest absolute Gasteiger partial charge is 0.262 e. The summed E-state index contributed by atoms with van der Waals surface area (Å²) in [5, 5.41) is 5.60. The van der Waals surface area contributed by atoms with Gasteiger partial charge in [-0.15, -0.1) is 0 Å². The van der Waals surface area contributed by atoms with Crippen molar-refractivity contribution in [3.8, 4) is 5.75 Å². The monoisotopic (exact) mass is 340 g/mol. The summed E-state index contributed by atoms with van der Waals surface area (Å²) in [5.41, 5.74) is 1.87. The molecule has 0 aromatic heterocycles. The Bertz CT molecular complexity index is 741. The van der Waals surface area contributed by atoms with Crippen molar-refractivity contribution in [2.24, 2.45) is 5.92 Å². The Morgan fingerprint density at radius 2 is 1.72 bits per heavy atom. The summed E-state index contributed by atoms with van der Waals surface area (Å²) in [5.74, 6) is 0.505. The first kappa shape index (κ1) is 18.5. The van der Waals surface area contributed by atoms with E-state index >= 15 is 0 Å². The zero-order valence-corrected chi connectivity index (χ0v) is 14.8. The van der Waals surface area contributed by atoms with Crippen molar-refractivity contribution < 1.29 is 14.3 Å². The second-order valence-corrected chi connectivity index (χ2v) is 6.25. The van der Waals surface area contributed by atoms with Gasteiger partial charge in [-0.25, -0.2) is 0 Å². The van der Waals surface area contributed by atoms with Crippen LogP contribution in [0.5, 0.6) is 5.75 Å². The Labute approximate surface area is 148 Å². The molecule has 0 bridgehead atoms. The summed E-state index contributed by atoms with van der Waals surface area (Å²) in [6.45, 7) is 6.43. The van der Waals surface area contributed by atoms with Crippen molar-refractivity contribution in [2.45, 2.75) is 20.8 Å². The normalized spacial score (nSPS) is 10.4. The zero-order valence-electron chi connectivity index (χ0n) is 14.8. The molecule has 2 amide bonds. The molecule has 25 heavy (non-hydrogen) atoms. The molecule has 0 aliphatic heterocycles. The first-order valence-corrected chi connectivity index (χ1v) is 8.33. The number of carbonyl (C=O) groups excluding carboxylic acids is 2. The standard InChI is InChI=1S/C20H24N2O3/c1-14(2)12-21-20(24)16-9-5-6-10-17(16)22-19(23)13-25-18-11-7-4-8-15(18)3/h4-11,14H,12-13H2,1-3H3,(H,21,24)(H,22,23). The molecule has 2 N–H and O–H groups in total. The second-order valence-electron chi connectivity index (χ2n) is 6.25. The van der Waals surface area contributed by atoms with E-state index in [1.165, 1.54) is 0 Å². The summed E-state index contributed by atoms with van der Waals surface area (Å²) in [6, 6.07) is 14.4. The summed E-state index contributed by atoms with van der Waals surface area (Å²) in [4.78, 5) is 24.5. The minimum absolute atomic E-state index is 0.118. The predicted octanol–water partition coefficient (Wildman–Crippen LogP) is 3.40. The molecule has 0 saturated carbocycles. The molecule has 5 nitrogen and oxygen atoms in total. The number of para-hydroxylation sites is 2. The Balaban J connectivity index is 1.98. The molecule has 0 spiro atoms. The van der Waals surface area contributed by atoms with Crippen LogP contribution in [0.15, 0.2) is 48.5 Å². The van der Waals surface area contributed by atoms with Gasteiger partial charge in [0, 0.05) is 6.54 Å². The van der Waals surface area contributed by atoms with Gasteiger partial charge in [-0.2, -0.15) is 0 Å². The van der Waals surface area contributed by atoms with Gasteiger partial charge >= 0.3 is 0 Å². The lowest BCUT2D eigenvalue weighted by Crippen LogP contribution is -2.29. The number of anilines is 1. The highest BCUT2D eigenvalue weighted by Crippen LogP contribution is 2.17. The van der Waals surface area contributed by atoms with E-state index in [2.05, 4.69) is 10.6 Å². The molecule has 2 rings (SSSR count). The first-order chi connectivity index (χ1) is 12.0. The first-order valence-electron chi connectivity index (χ1n) is 8.33. The lowest BCUT2D eigenvalue weighted by Gasteiger charge is -2.13. The number of hydrogen-bond acceptors (Lipinski definition) is 3. The fourth-order valence-corrected chi connectivity index (χ4v) is 2.23. The lowest BCUT2D eigenvalue weighted by molar-refractivity contribution is -0.118. The number of rotatable bonds is 7. The minimum Gasteiger partial charge on any atom is -0.483 e. The maximum Gasteiger partial charge on any atom is 0.262 e. The van der Waals surface area contributed by atoms with Gasteiger partial charge in [-0.3, -0.25) is 9.59 Å². The van der Waals surface area contributed by atoms with Crippen molar-refractivity contribution in [1.29, 1.82) is 0 Å². The molecule has 0 heterocycles. The third kappa shape index (κ3) is 5.64. The van der Waals surface area contributed by atoms with E-state index in [1.54, 1.807) is 24.3 Å². The van der Waals surface area contributed by atoms with Gasteiger partial charge in [0.2, 0.25) is 0 Å². The largest absolute Gasteiger partial charge is 0.483 e. The van der Waals surface area contributed by atoms with Crippen molar-refractivity contribution in [3.63, 3.8) is 0 Å². The number of amides is 2. The topological polar surface area (TPSA) is 67.4 Å². The van der Waals surface area contributed by atoms with E-state index in [0.717, 1.165) is 5.56 Å². The van der Waals surface area contributed by atoms with Gasteiger partial charge in [-0.1, -0.05) is 44.2 Å². The molecule has 132 valence electrons. The van der Waals surface area contributed by atoms with Gasteiger partial charge in [0.15, 0.2) is 6.61 Å². The van der Waals surface area contributed by atoms with E-state index in [1.807, 2.05) is 45.0 Å². The van der Waals surface area contributed by atoms with Crippen LogP contribution in [0.1, 0.15) is 29.8 Å². The third-order valence-electron chi connectivity index (χ3n) is 3.57. The number of benzene rings is 2. The molecule has 2 aromatic carbocycles. The van der Waals surface area contributed by atoms with Crippen LogP contribution in [0.25, 0.3) is 0 Å². The van der Waals surface area contributed by atoms with E-state index < -0.39 is 0 Å². The van der Waals surface area contributed by atoms with Gasteiger partial charge < -0.3 is 15.4 Å². The zero-order chi connectivity index (χ0) is 18.2. The molecule has 0 saturated heterocycles. The highest BCUT2D eigenvalue weighted by Gasteiger charge is 2.13. The van der Waals surface area contributed by atoms with Crippen LogP contribution in [0, 0.1) is 12.8 Å². The van der Waals surface area contributed by atoms with E-state index in [9.17, 15) is 9.59 Å². The Morgan fingerprint density at radius 1 is 1.04 bits per heavy atom. The number of aryl methyl sites for hydroxylation is 1. The van der Waals surface area contributed by atoms with E-state index in [-0.39, 0.29) is 18.4 Å². The molecule has 2 aromatic rings. The average Bonchev–Trinajstić information content (AvgIpc) is 2.59. The van der Waals surface area contributed by atoms with Gasteiger partial charge in [-0.05, 0) is 36.6 Å². The minimum atomic E-state index is -0.313. The molecule has 5 heteroatoms. The Hall–Kier alpha value is -2.82. The summed E-state index contributed by atoms with van der Waals surface area (Å²) >= 11 is 0. The molecule has 0 fully saturated rings. The number of hydrogen-bond donors (Lipinski definition) is 2. The molecule has 0 unspecified atom stereocenters. The van der Waals surface area contributed by atoms with Crippen molar-refractivity contribution in [3.05, 3.63) is 59.7 Å². The van der Waals surface area contributed by atoms with Crippen LogP contribution in [0.3, 0.4) is 0 Å². The van der Waals surface area contributed by atoms with Crippen LogP contribution in [0.2, 0.25) is 0 Å². The fraction of sp³-hybridized carbons (Fsp3) is 0.300. The van der Waals surface area contributed by atoms with Gasteiger partial charge in [0.05, 0.1) is 11.3 Å². The predicted molar refractivity (Wildman–Crippen MR) is 98.9 cm³/mol. The summed E-state index contributed by atoms with van der Waals surface area (Å²) < 4.78 is 5.54. The molecule has 0 atom stereocenters. The quantitative estimate of drug-likeness (QED) is 0.812. The van der Waals surface area contributed by atoms with Gasteiger partial charge in [0.1, 0.15) is 5.75 Å². The van der Waals surface area contributed by atoms with Crippen LogP contribution in [-0.4, -0.2) is 25.0 Å². The number of ether oxygens (including phenoxy) is 1. The Morgan fingerprint density at radius 3 is 2.44 bits per heavy atom. The molecule has 0 aliphatic rings. The van der Waals surface area contributed by atoms with Crippen LogP contribution in [-0.2, 0) is 4.79 Å². The highest BCUT2D eigenvalue weighted by atomic mass is 16.5. The third-order valence-corrected chi connectivity index (χ3v) is 3.57. The van der Waals surface area contributed by atoms with Crippen LogP contribution < -0.4 is 15.4 Å². The molecule has 0 radical (unpaired) electrons. The van der Waals surface area contributed by atoms with E-state index in [4.69, 9.17) is 4.74 Å². The fourth-order valence-electron chi connectivity index (χ4n) is 2.23. The van der Waals surface area contributed by atoms with Crippen molar-refractivity contribution in [2.75, 3.05) is 18.5 Å². The van der Waals surface area contributed by atoms with Crippen LogP contribution >= 0.6 is 0 Å². The van der Waals surface area contributed by atoms with Gasteiger partial charge in [0.25, 0.3) is 11.8 Å². The lowest BCUT2D eigenvalue weighted by atomic mass is 10.1. The maximum absolute atomic E-state index is 12.3. The molecular formula is C20H24N2O3. The number of nitrogens with one attached hydrogen (secondary N) is 2. The van der Waals surface area contributed by atoms with E-state index in [0.29, 0.717) is 29.5 Å². The van der Waals surface area contributed by atoms with Crippen molar-refractivity contribution >= 4 is 17.5 Å². The SMILES string of the molecule is Cc1ccccc1OCC(=O)Nc1ccccc1C(=O)NCC(C)C. The average molecular weight is 340 g/mol. The number of carbonyl (C=O) groups is 2. The summed E-state index contributed by atoms with van der Waals surface area (Å²) in [7, 11) is 0. The maximum atomic E-state index is 12.3. The second kappa shape index (κ2) is 8.87. The molecule has 0 aliphatic carbocycles. The van der Waals surface area contributed by atoms with Crippen LogP contribution in [0.4, 0.5) is 5.69 Å². The Kier molecular flexibility index (Phi) is 6.57. The summed E-state index contributed by atoms with van der Waals surface area (Å²) in [6.07, 6.45) is 0. The molecular weight excluding hydrogens is 316 g/mol. The van der Waals surface area contributed by atoms with Crippen molar-refractivity contribution in [1.82, 2.24) is 5.32 Å².